The van der Waals surface area contributed by atoms with E-state index in [2.05, 4.69) is 55.5 Å². The number of alkyl halides is 1. The van der Waals surface area contributed by atoms with Gasteiger partial charge in [-0.3, -0.25) is 4.68 Å². The molecule has 0 amide bonds. The van der Waals surface area contributed by atoms with Crippen molar-refractivity contribution in [1.29, 1.82) is 0 Å². The topological polar surface area (TPSA) is 27.1 Å². The molecule has 0 aliphatic carbocycles. The van der Waals surface area contributed by atoms with Crippen molar-refractivity contribution >= 4 is 31.9 Å². The van der Waals surface area contributed by atoms with Gasteiger partial charge in [-0.25, -0.2) is 0 Å². The maximum Gasteiger partial charge on any atom is 0.0766 e. The van der Waals surface area contributed by atoms with E-state index in [-0.39, 0.29) is 5.41 Å². The van der Waals surface area contributed by atoms with Gasteiger partial charge in [0.2, 0.25) is 0 Å². The van der Waals surface area contributed by atoms with Gasteiger partial charge in [-0.1, -0.05) is 22.9 Å². The van der Waals surface area contributed by atoms with E-state index in [1.54, 1.807) is 0 Å². The lowest BCUT2D eigenvalue weighted by Crippen LogP contribution is -2.27. The summed E-state index contributed by atoms with van der Waals surface area (Å²) in [5, 5.41) is 5.66. The van der Waals surface area contributed by atoms with E-state index in [4.69, 9.17) is 4.74 Å². The molecule has 0 bridgehead atoms. The zero-order valence-corrected chi connectivity index (χ0v) is 14.2. The van der Waals surface area contributed by atoms with Crippen LogP contribution in [0.2, 0.25) is 0 Å². The minimum Gasteiger partial charge on any atom is -0.381 e. The summed E-state index contributed by atoms with van der Waals surface area (Å²) in [6.45, 7) is 6.95. The molecule has 1 aliphatic heterocycles. The second-order valence-corrected chi connectivity index (χ2v) is 6.34. The van der Waals surface area contributed by atoms with E-state index in [0.29, 0.717) is 0 Å². The van der Waals surface area contributed by atoms with Gasteiger partial charge in [-0.2, -0.15) is 5.10 Å². The van der Waals surface area contributed by atoms with Crippen LogP contribution in [-0.4, -0.2) is 28.3 Å². The number of halogens is 2. The third-order valence-corrected chi connectivity index (χ3v) is 5.81. The Labute approximate surface area is 126 Å². The fraction of sp³-hybridized carbons (Fsp3) is 0.769. The second kappa shape index (κ2) is 6.06. The largest absolute Gasteiger partial charge is 0.381 e. The van der Waals surface area contributed by atoms with E-state index in [9.17, 15) is 0 Å². The zero-order valence-electron chi connectivity index (χ0n) is 11.0. The molecular formula is C13H20Br2N2O. The van der Waals surface area contributed by atoms with Gasteiger partial charge in [0.25, 0.3) is 0 Å². The van der Waals surface area contributed by atoms with Crippen LogP contribution in [0.5, 0.6) is 0 Å². The first-order valence-electron chi connectivity index (χ1n) is 6.53. The van der Waals surface area contributed by atoms with Crippen LogP contribution in [-0.2, 0) is 24.1 Å². The van der Waals surface area contributed by atoms with Crippen LogP contribution in [0.1, 0.15) is 31.7 Å². The number of hydrogen-bond acceptors (Lipinski definition) is 2. The number of hydrogen-bond donors (Lipinski definition) is 0. The van der Waals surface area contributed by atoms with E-state index < -0.39 is 0 Å². The Bertz CT molecular complexity index is 411. The van der Waals surface area contributed by atoms with Crippen LogP contribution < -0.4 is 0 Å². The number of aromatic nitrogens is 2. The van der Waals surface area contributed by atoms with Gasteiger partial charge in [-0.15, -0.1) is 0 Å². The third kappa shape index (κ3) is 2.68. The molecule has 1 saturated heterocycles. The van der Waals surface area contributed by atoms with Crippen molar-refractivity contribution < 1.29 is 4.74 Å². The molecule has 1 unspecified atom stereocenters. The average Bonchev–Trinajstić information content (AvgIpc) is 2.97. The zero-order chi connectivity index (χ0) is 13.2. The van der Waals surface area contributed by atoms with Gasteiger partial charge in [0.15, 0.2) is 0 Å². The first-order valence-corrected chi connectivity index (χ1v) is 8.45. The van der Waals surface area contributed by atoms with Crippen LogP contribution in [0.15, 0.2) is 4.47 Å². The van der Waals surface area contributed by atoms with Gasteiger partial charge in [-0.05, 0) is 42.1 Å². The Morgan fingerprint density at radius 2 is 2.22 bits per heavy atom. The number of rotatable bonds is 5. The highest BCUT2D eigenvalue weighted by atomic mass is 79.9. The van der Waals surface area contributed by atoms with Gasteiger partial charge in [0.05, 0.1) is 22.5 Å². The second-order valence-electron chi connectivity index (χ2n) is 4.99. The van der Waals surface area contributed by atoms with E-state index in [1.807, 2.05) is 0 Å². The molecule has 0 spiro atoms. The summed E-state index contributed by atoms with van der Waals surface area (Å²) in [5.41, 5.74) is 2.72. The molecule has 0 N–H and O–H groups in total. The summed E-state index contributed by atoms with van der Waals surface area (Å²) in [7, 11) is 0. The summed E-state index contributed by atoms with van der Waals surface area (Å²) < 4.78 is 8.92. The van der Waals surface area contributed by atoms with Crippen LogP contribution in [0.3, 0.4) is 0 Å². The molecule has 18 heavy (non-hydrogen) atoms. The fourth-order valence-corrected chi connectivity index (χ4v) is 3.83. The molecule has 1 aromatic heterocycles. The highest BCUT2D eigenvalue weighted by molar-refractivity contribution is 9.10. The predicted octanol–water partition coefficient (Wildman–Crippen LogP) is 3.57. The van der Waals surface area contributed by atoms with Crippen molar-refractivity contribution in [1.82, 2.24) is 9.78 Å². The van der Waals surface area contributed by atoms with Gasteiger partial charge in [0.1, 0.15) is 0 Å². The van der Waals surface area contributed by atoms with Crippen molar-refractivity contribution in [3.63, 3.8) is 0 Å². The fourth-order valence-electron chi connectivity index (χ4n) is 2.48. The van der Waals surface area contributed by atoms with Gasteiger partial charge >= 0.3 is 0 Å². The summed E-state index contributed by atoms with van der Waals surface area (Å²) in [6, 6.07) is 0. The molecule has 2 rings (SSSR count). The molecule has 102 valence electrons. The Hall–Kier alpha value is 0.130. The van der Waals surface area contributed by atoms with Gasteiger partial charge < -0.3 is 4.74 Å². The lowest BCUT2D eigenvalue weighted by molar-refractivity contribution is 0.160. The Balaban J connectivity index is 2.29. The summed E-state index contributed by atoms with van der Waals surface area (Å²) in [6.07, 6.45) is 3.12. The summed E-state index contributed by atoms with van der Waals surface area (Å²) in [5.74, 6) is 0. The standard InChI is InChI=1S/C13H20Br2N2O/c1-3-10-12(15)11(17(4-2)16-10)7-13(8-14)5-6-18-9-13/h3-9H2,1-2H3. The molecule has 0 saturated carbocycles. The minimum atomic E-state index is 0.237. The molecule has 0 aromatic carbocycles. The predicted molar refractivity (Wildman–Crippen MR) is 80.3 cm³/mol. The molecule has 5 heteroatoms. The molecule has 1 atom stereocenters. The Kier molecular flexibility index (Phi) is 4.89. The van der Waals surface area contributed by atoms with E-state index in [1.165, 1.54) is 10.2 Å². The normalized spacial score (nSPS) is 23.8. The van der Waals surface area contributed by atoms with Crippen LogP contribution in [0.4, 0.5) is 0 Å². The molecule has 1 fully saturated rings. The Morgan fingerprint density at radius 3 is 2.72 bits per heavy atom. The SMILES string of the molecule is CCc1nn(CC)c(CC2(CBr)CCOC2)c1Br. The number of ether oxygens (including phenoxy) is 1. The van der Waals surface area contributed by atoms with Crippen molar-refractivity contribution in [2.24, 2.45) is 5.41 Å². The maximum absolute atomic E-state index is 5.60. The number of aryl methyl sites for hydroxylation is 2. The smallest absolute Gasteiger partial charge is 0.0766 e. The first kappa shape index (κ1) is 14.5. The minimum absolute atomic E-state index is 0.237. The summed E-state index contributed by atoms with van der Waals surface area (Å²) in [4.78, 5) is 0. The molecular weight excluding hydrogens is 360 g/mol. The maximum atomic E-state index is 5.60. The van der Waals surface area contributed by atoms with Crippen LogP contribution >= 0.6 is 31.9 Å². The van der Waals surface area contributed by atoms with Gasteiger partial charge in [0, 0.05) is 23.9 Å². The molecule has 0 radical (unpaired) electrons. The lowest BCUT2D eigenvalue weighted by atomic mass is 9.84. The highest BCUT2D eigenvalue weighted by Gasteiger charge is 2.36. The van der Waals surface area contributed by atoms with E-state index >= 15 is 0 Å². The van der Waals surface area contributed by atoms with Crippen LogP contribution in [0, 0.1) is 5.41 Å². The molecule has 1 aliphatic rings. The van der Waals surface area contributed by atoms with Crippen molar-refractivity contribution in [3.05, 3.63) is 15.9 Å². The molecule has 2 heterocycles. The van der Waals surface area contributed by atoms with E-state index in [0.717, 1.165) is 50.0 Å². The van der Waals surface area contributed by atoms with Crippen molar-refractivity contribution in [2.45, 2.75) is 39.7 Å². The highest BCUT2D eigenvalue weighted by Crippen LogP contribution is 2.37. The molecule has 3 nitrogen and oxygen atoms in total. The van der Waals surface area contributed by atoms with Crippen LogP contribution in [0.25, 0.3) is 0 Å². The van der Waals surface area contributed by atoms with Crippen molar-refractivity contribution in [3.8, 4) is 0 Å². The third-order valence-electron chi connectivity index (χ3n) is 3.71. The quantitative estimate of drug-likeness (QED) is 0.731. The number of nitrogens with zero attached hydrogens (tertiary/aromatic N) is 2. The monoisotopic (exact) mass is 378 g/mol. The first-order chi connectivity index (χ1) is 8.65. The average molecular weight is 380 g/mol. The Morgan fingerprint density at radius 1 is 1.44 bits per heavy atom. The summed E-state index contributed by atoms with van der Waals surface area (Å²) >= 11 is 7.39. The molecule has 1 aromatic rings. The van der Waals surface area contributed by atoms with Crippen molar-refractivity contribution in [2.75, 3.05) is 18.5 Å². The lowest BCUT2D eigenvalue weighted by Gasteiger charge is -2.25.